The predicted molar refractivity (Wildman–Crippen MR) is 240 cm³/mol. The first-order valence-corrected chi connectivity index (χ1v) is 20.4. The van der Waals surface area contributed by atoms with Gasteiger partial charge in [0.05, 0.1) is 5.69 Å². The van der Waals surface area contributed by atoms with Gasteiger partial charge in [-0.15, -0.1) is 32.9 Å². The SMILES string of the molecule is c1ccc2nn(-c3ccc(-c4ccc(N(c5ccc6cc7c(cc6c5)sc5ccccc57)c5ccc6cc7c(cc6c5)sc5ccccc57)cc4)cc3)nc2c1. The Morgan fingerprint density at radius 1 is 0.357 bits per heavy atom. The summed E-state index contributed by atoms with van der Waals surface area (Å²) in [6.07, 6.45) is 0. The zero-order valence-corrected chi connectivity index (χ0v) is 31.6. The van der Waals surface area contributed by atoms with E-state index >= 15 is 0 Å². The van der Waals surface area contributed by atoms with Crippen molar-refractivity contribution in [2.45, 2.75) is 0 Å². The molecular formula is C50H30N4S2. The first kappa shape index (κ1) is 31.5. The van der Waals surface area contributed by atoms with Crippen molar-refractivity contribution in [3.8, 4) is 16.8 Å². The average Bonchev–Trinajstić information content (AvgIpc) is 3.95. The molecule has 0 radical (unpaired) electrons. The van der Waals surface area contributed by atoms with Gasteiger partial charge in [0.2, 0.25) is 0 Å². The van der Waals surface area contributed by atoms with E-state index in [2.05, 4.69) is 173 Å². The zero-order valence-electron chi connectivity index (χ0n) is 29.9. The molecule has 9 aromatic carbocycles. The van der Waals surface area contributed by atoms with Crippen LogP contribution in [0.25, 0.3) is 89.7 Å². The monoisotopic (exact) mass is 750 g/mol. The van der Waals surface area contributed by atoms with Crippen LogP contribution in [0.2, 0.25) is 0 Å². The summed E-state index contributed by atoms with van der Waals surface area (Å²) in [5, 5.41) is 19.6. The number of anilines is 3. The lowest BCUT2D eigenvalue weighted by atomic mass is 10.0. The Morgan fingerprint density at radius 3 is 1.36 bits per heavy atom. The molecular weight excluding hydrogens is 721 g/mol. The molecule has 262 valence electrons. The van der Waals surface area contributed by atoms with Crippen molar-refractivity contribution in [2.75, 3.05) is 4.90 Å². The van der Waals surface area contributed by atoms with E-state index in [1.54, 1.807) is 4.80 Å². The van der Waals surface area contributed by atoms with Gasteiger partial charge >= 0.3 is 0 Å². The Balaban J connectivity index is 0.963. The van der Waals surface area contributed by atoms with E-state index in [1.807, 2.05) is 46.9 Å². The molecule has 0 saturated heterocycles. The molecule has 0 spiro atoms. The van der Waals surface area contributed by atoms with Crippen LogP contribution in [0.4, 0.5) is 17.1 Å². The number of nitrogens with zero attached hydrogens (tertiary/aromatic N) is 4. The fourth-order valence-corrected chi connectivity index (χ4v) is 10.5. The third kappa shape index (κ3) is 5.11. The van der Waals surface area contributed by atoms with Crippen LogP contribution in [0.5, 0.6) is 0 Å². The van der Waals surface area contributed by atoms with Gasteiger partial charge in [0.25, 0.3) is 0 Å². The van der Waals surface area contributed by atoms with Gasteiger partial charge in [-0.1, -0.05) is 84.9 Å². The van der Waals surface area contributed by atoms with Gasteiger partial charge in [0.1, 0.15) is 11.0 Å². The summed E-state index contributed by atoms with van der Waals surface area (Å²) >= 11 is 3.73. The molecule has 3 aromatic heterocycles. The summed E-state index contributed by atoms with van der Waals surface area (Å²) < 4.78 is 5.27. The minimum absolute atomic E-state index is 0.885. The smallest absolute Gasteiger partial charge is 0.113 e. The molecule has 6 heteroatoms. The highest BCUT2D eigenvalue weighted by molar-refractivity contribution is 7.26. The van der Waals surface area contributed by atoms with Crippen molar-refractivity contribution in [2.24, 2.45) is 0 Å². The van der Waals surface area contributed by atoms with Gasteiger partial charge in [-0.2, -0.15) is 4.80 Å². The molecule has 12 aromatic rings. The molecule has 0 N–H and O–H groups in total. The third-order valence-corrected chi connectivity index (χ3v) is 13.3. The second-order valence-corrected chi connectivity index (χ2v) is 16.5. The minimum Gasteiger partial charge on any atom is -0.310 e. The maximum atomic E-state index is 4.66. The van der Waals surface area contributed by atoms with Crippen LogP contribution in [-0.2, 0) is 0 Å². The molecule has 0 amide bonds. The van der Waals surface area contributed by atoms with Crippen LogP contribution < -0.4 is 4.90 Å². The van der Waals surface area contributed by atoms with Crippen LogP contribution in [0, 0.1) is 0 Å². The second-order valence-electron chi connectivity index (χ2n) is 14.4. The fourth-order valence-electron chi connectivity index (χ4n) is 8.20. The Hall–Kier alpha value is -6.86. The number of aromatic nitrogens is 3. The molecule has 3 heterocycles. The summed E-state index contributed by atoms with van der Waals surface area (Å²) in [4.78, 5) is 4.10. The summed E-state index contributed by atoms with van der Waals surface area (Å²) in [6, 6.07) is 66.0. The van der Waals surface area contributed by atoms with Crippen LogP contribution in [0.1, 0.15) is 0 Å². The van der Waals surface area contributed by atoms with E-state index in [4.69, 9.17) is 0 Å². The molecule has 56 heavy (non-hydrogen) atoms. The van der Waals surface area contributed by atoms with E-state index in [0.29, 0.717) is 0 Å². The molecule has 0 aliphatic rings. The molecule has 0 atom stereocenters. The van der Waals surface area contributed by atoms with E-state index in [1.165, 1.54) is 61.9 Å². The Kier molecular flexibility index (Phi) is 6.93. The number of rotatable bonds is 5. The maximum Gasteiger partial charge on any atom is 0.113 e. The van der Waals surface area contributed by atoms with Crippen LogP contribution in [-0.4, -0.2) is 15.0 Å². The van der Waals surface area contributed by atoms with E-state index in [0.717, 1.165) is 44.9 Å². The Morgan fingerprint density at radius 2 is 0.821 bits per heavy atom. The number of fused-ring (bicyclic) bond motifs is 9. The predicted octanol–water partition coefficient (Wildman–Crippen LogP) is 14.6. The first-order chi connectivity index (χ1) is 27.7. The molecule has 0 bridgehead atoms. The lowest BCUT2D eigenvalue weighted by Crippen LogP contribution is -2.09. The maximum absolute atomic E-state index is 4.66. The molecule has 0 fully saturated rings. The molecule has 0 aliphatic heterocycles. The number of hydrogen-bond acceptors (Lipinski definition) is 5. The lowest BCUT2D eigenvalue weighted by molar-refractivity contribution is 0.766. The topological polar surface area (TPSA) is 34.0 Å². The summed E-state index contributed by atoms with van der Waals surface area (Å²) in [6.45, 7) is 0. The van der Waals surface area contributed by atoms with Crippen LogP contribution in [0.15, 0.2) is 182 Å². The van der Waals surface area contributed by atoms with Crippen LogP contribution in [0.3, 0.4) is 0 Å². The average molecular weight is 751 g/mol. The van der Waals surface area contributed by atoms with Crippen molar-refractivity contribution in [1.82, 2.24) is 15.0 Å². The molecule has 0 aliphatic carbocycles. The third-order valence-electron chi connectivity index (χ3n) is 11.0. The lowest BCUT2D eigenvalue weighted by Gasteiger charge is -2.26. The Bertz CT molecular complexity index is 3300. The van der Waals surface area contributed by atoms with Crippen molar-refractivity contribution >= 4 is 113 Å². The van der Waals surface area contributed by atoms with Gasteiger partial charge in [0, 0.05) is 57.4 Å². The van der Waals surface area contributed by atoms with Crippen molar-refractivity contribution < 1.29 is 0 Å². The standard InChI is InChI=1S/C50H30N4S2/c1-5-11-47-41(7-1)43-27-33-17-23-39(25-35(33)29-49(43)55-47)53(40-24-18-34-28-44-42-8-2-6-12-48(42)56-50(44)30-36(34)26-40)37-19-13-31(14-20-37)32-15-21-38(22-16-32)54-51-45-9-3-4-10-46(45)52-54/h1-30H. The number of benzene rings is 9. The van der Waals surface area contributed by atoms with E-state index in [-0.39, 0.29) is 0 Å². The van der Waals surface area contributed by atoms with Gasteiger partial charge in [0.15, 0.2) is 0 Å². The number of thiophene rings is 2. The highest BCUT2D eigenvalue weighted by Crippen LogP contribution is 2.42. The molecule has 0 saturated carbocycles. The molecule has 4 nitrogen and oxygen atoms in total. The summed E-state index contributed by atoms with van der Waals surface area (Å²) in [5.41, 5.74) is 8.33. The van der Waals surface area contributed by atoms with Gasteiger partial charge in [-0.25, -0.2) is 0 Å². The second kappa shape index (κ2) is 12.3. The van der Waals surface area contributed by atoms with Crippen molar-refractivity contribution in [1.29, 1.82) is 0 Å². The summed E-state index contributed by atoms with van der Waals surface area (Å²) in [5.74, 6) is 0. The van der Waals surface area contributed by atoms with Gasteiger partial charge < -0.3 is 4.90 Å². The van der Waals surface area contributed by atoms with Crippen molar-refractivity contribution in [3.63, 3.8) is 0 Å². The zero-order chi connectivity index (χ0) is 36.7. The van der Waals surface area contributed by atoms with Crippen molar-refractivity contribution in [3.05, 3.63) is 182 Å². The van der Waals surface area contributed by atoms with E-state index < -0.39 is 0 Å². The highest BCUT2D eigenvalue weighted by atomic mass is 32.1. The van der Waals surface area contributed by atoms with E-state index in [9.17, 15) is 0 Å². The van der Waals surface area contributed by atoms with Gasteiger partial charge in [-0.05, 0) is 130 Å². The quantitative estimate of drug-likeness (QED) is 0.176. The molecule has 0 unspecified atom stereocenters. The number of hydrogen-bond donors (Lipinski definition) is 0. The first-order valence-electron chi connectivity index (χ1n) is 18.7. The largest absolute Gasteiger partial charge is 0.310 e. The fraction of sp³-hybridized carbons (Fsp3) is 0. The summed E-state index contributed by atoms with van der Waals surface area (Å²) in [7, 11) is 0. The van der Waals surface area contributed by atoms with Crippen LogP contribution >= 0.6 is 22.7 Å². The normalized spacial score (nSPS) is 11.9. The molecule has 12 rings (SSSR count). The minimum atomic E-state index is 0.885. The Labute approximate surface area is 329 Å². The highest BCUT2D eigenvalue weighted by Gasteiger charge is 2.17. The van der Waals surface area contributed by atoms with Gasteiger partial charge in [-0.3, -0.25) is 0 Å².